The monoisotopic (exact) mass is 370 g/mol. The van der Waals surface area contributed by atoms with Crippen molar-refractivity contribution in [1.29, 1.82) is 0 Å². The van der Waals surface area contributed by atoms with Crippen molar-refractivity contribution in [3.8, 4) is 10.6 Å². The van der Waals surface area contributed by atoms with Crippen molar-refractivity contribution in [2.75, 3.05) is 7.11 Å². The first-order chi connectivity index (χ1) is 12.6. The first-order valence-corrected chi connectivity index (χ1v) is 8.82. The Hall–Kier alpha value is -3.00. The number of aromatic nitrogens is 3. The van der Waals surface area contributed by atoms with Gasteiger partial charge in [0, 0.05) is 30.6 Å². The van der Waals surface area contributed by atoms with Crippen LogP contribution in [0.15, 0.2) is 48.1 Å². The summed E-state index contributed by atoms with van der Waals surface area (Å²) in [4.78, 5) is 28.9. The fraction of sp³-hybridized carbons (Fsp3) is 0.222. The molecule has 1 amide bonds. The van der Waals surface area contributed by atoms with Crippen LogP contribution >= 0.6 is 11.3 Å². The number of aryl methyl sites for hydroxylation is 1. The number of benzene rings is 1. The molecule has 134 valence electrons. The molecule has 1 atom stereocenters. The highest BCUT2D eigenvalue weighted by Gasteiger charge is 2.24. The SMILES string of the molecule is COC(=O)[C@H](Cc1ccccc1)NC(=O)c1csc(-c2cnn(C)c2)n1. The van der Waals surface area contributed by atoms with Crippen LogP contribution in [0.25, 0.3) is 10.6 Å². The largest absolute Gasteiger partial charge is 0.467 e. The topological polar surface area (TPSA) is 86.1 Å². The van der Waals surface area contributed by atoms with Crippen molar-refractivity contribution in [2.45, 2.75) is 12.5 Å². The summed E-state index contributed by atoms with van der Waals surface area (Å²) in [6.07, 6.45) is 3.86. The van der Waals surface area contributed by atoms with Crippen molar-refractivity contribution in [1.82, 2.24) is 20.1 Å². The molecule has 1 aromatic carbocycles. The van der Waals surface area contributed by atoms with Crippen molar-refractivity contribution in [3.63, 3.8) is 0 Å². The number of nitrogens with one attached hydrogen (secondary N) is 1. The summed E-state index contributed by atoms with van der Waals surface area (Å²) in [5, 5.41) is 9.17. The molecule has 0 saturated heterocycles. The Bertz CT molecular complexity index is 904. The van der Waals surface area contributed by atoms with Gasteiger partial charge in [-0.2, -0.15) is 5.10 Å². The van der Waals surface area contributed by atoms with E-state index in [2.05, 4.69) is 15.4 Å². The highest BCUT2D eigenvalue weighted by Crippen LogP contribution is 2.23. The number of carbonyl (C=O) groups is 2. The molecule has 0 aliphatic rings. The fourth-order valence-electron chi connectivity index (χ4n) is 2.46. The Morgan fingerprint density at radius 3 is 2.73 bits per heavy atom. The van der Waals surface area contributed by atoms with Crippen molar-refractivity contribution < 1.29 is 14.3 Å². The number of thiazole rings is 1. The fourth-order valence-corrected chi connectivity index (χ4v) is 3.24. The van der Waals surface area contributed by atoms with Crippen LogP contribution in [0.1, 0.15) is 16.1 Å². The molecule has 0 saturated carbocycles. The molecule has 1 N–H and O–H groups in total. The maximum atomic E-state index is 12.5. The van der Waals surface area contributed by atoms with E-state index in [9.17, 15) is 9.59 Å². The lowest BCUT2D eigenvalue weighted by molar-refractivity contribution is -0.142. The molecule has 2 heterocycles. The Kier molecular flexibility index (Phi) is 5.43. The predicted octanol–water partition coefficient (Wildman–Crippen LogP) is 2.06. The zero-order valence-electron chi connectivity index (χ0n) is 14.4. The number of rotatable bonds is 6. The lowest BCUT2D eigenvalue weighted by atomic mass is 10.1. The Morgan fingerprint density at radius 1 is 1.31 bits per heavy atom. The number of ether oxygens (including phenoxy) is 1. The average Bonchev–Trinajstić information content (AvgIpc) is 3.30. The molecular weight excluding hydrogens is 352 g/mol. The van der Waals surface area contributed by atoms with E-state index >= 15 is 0 Å². The number of carbonyl (C=O) groups excluding carboxylic acids is 2. The first-order valence-electron chi connectivity index (χ1n) is 7.94. The lowest BCUT2D eigenvalue weighted by Crippen LogP contribution is -2.43. The number of amides is 1. The van der Waals surface area contributed by atoms with Gasteiger partial charge in [-0.05, 0) is 5.56 Å². The lowest BCUT2D eigenvalue weighted by Gasteiger charge is -2.16. The second kappa shape index (κ2) is 7.92. The highest BCUT2D eigenvalue weighted by molar-refractivity contribution is 7.13. The molecule has 2 aromatic heterocycles. The van der Waals surface area contributed by atoms with E-state index in [0.29, 0.717) is 11.4 Å². The van der Waals surface area contributed by atoms with E-state index in [-0.39, 0.29) is 5.69 Å². The summed E-state index contributed by atoms with van der Waals surface area (Å²) in [6.45, 7) is 0. The molecule has 0 fully saturated rings. The van der Waals surface area contributed by atoms with Crippen LogP contribution in [-0.2, 0) is 23.0 Å². The first kappa shape index (κ1) is 17.8. The van der Waals surface area contributed by atoms with E-state index < -0.39 is 17.9 Å². The van der Waals surface area contributed by atoms with Crippen LogP contribution in [0.3, 0.4) is 0 Å². The molecule has 0 aliphatic carbocycles. The van der Waals surface area contributed by atoms with Crippen LogP contribution < -0.4 is 5.32 Å². The van der Waals surface area contributed by atoms with Gasteiger partial charge >= 0.3 is 5.97 Å². The normalized spacial score (nSPS) is 11.8. The molecule has 26 heavy (non-hydrogen) atoms. The minimum Gasteiger partial charge on any atom is -0.467 e. The van der Waals surface area contributed by atoms with E-state index in [1.54, 1.807) is 16.3 Å². The van der Waals surface area contributed by atoms with Crippen LogP contribution in [0.5, 0.6) is 0 Å². The number of nitrogens with zero attached hydrogens (tertiary/aromatic N) is 3. The minimum absolute atomic E-state index is 0.260. The Morgan fingerprint density at radius 2 is 2.08 bits per heavy atom. The minimum atomic E-state index is -0.779. The maximum absolute atomic E-state index is 12.5. The molecule has 3 rings (SSSR count). The maximum Gasteiger partial charge on any atom is 0.328 e. The van der Waals surface area contributed by atoms with Crippen molar-refractivity contribution in [3.05, 3.63) is 59.4 Å². The summed E-state index contributed by atoms with van der Waals surface area (Å²) < 4.78 is 6.49. The Balaban J connectivity index is 1.73. The van der Waals surface area contributed by atoms with Gasteiger partial charge in [0.15, 0.2) is 0 Å². The third-order valence-corrected chi connectivity index (χ3v) is 4.65. The second-order valence-corrected chi connectivity index (χ2v) is 6.54. The second-order valence-electron chi connectivity index (χ2n) is 5.68. The van der Waals surface area contributed by atoms with E-state index in [1.165, 1.54) is 18.4 Å². The molecule has 0 radical (unpaired) electrons. The van der Waals surface area contributed by atoms with Crippen LogP contribution in [-0.4, -0.2) is 39.8 Å². The summed E-state index contributed by atoms with van der Waals surface area (Å²) in [6, 6.07) is 8.66. The molecule has 3 aromatic rings. The predicted molar refractivity (Wildman–Crippen MR) is 97.7 cm³/mol. The summed E-state index contributed by atoms with van der Waals surface area (Å²) >= 11 is 1.35. The average molecular weight is 370 g/mol. The summed E-state index contributed by atoms with van der Waals surface area (Å²) in [5.41, 5.74) is 2.03. The Labute approximate surface area is 154 Å². The highest BCUT2D eigenvalue weighted by atomic mass is 32.1. The summed E-state index contributed by atoms with van der Waals surface area (Å²) in [5.74, 6) is -0.910. The van der Waals surface area contributed by atoms with Crippen LogP contribution in [0, 0.1) is 0 Å². The molecule has 8 heteroatoms. The van der Waals surface area contributed by atoms with E-state index in [0.717, 1.165) is 11.1 Å². The van der Waals surface area contributed by atoms with Gasteiger partial charge in [0.2, 0.25) is 0 Å². The van der Waals surface area contributed by atoms with E-state index in [1.807, 2.05) is 43.6 Å². The molecule has 0 unspecified atom stereocenters. The quantitative estimate of drug-likeness (QED) is 0.671. The molecule has 0 aliphatic heterocycles. The molecule has 0 bridgehead atoms. The zero-order valence-corrected chi connectivity index (χ0v) is 15.2. The number of methoxy groups -OCH3 is 1. The number of hydrogen-bond acceptors (Lipinski definition) is 6. The van der Waals surface area contributed by atoms with Gasteiger partial charge < -0.3 is 10.1 Å². The van der Waals surface area contributed by atoms with Gasteiger partial charge in [0.1, 0.15) is 16.7 Å². The van der Waals surface area contributed by atoms with Gasteiger partial charge in [-0.3, -0.25) is 9.48 Å². The molecular formula is C18H18N4O3S. The third kappa shape index (κ3) is 4.15. The van der Waals surface area contributed by atoms with Crippen molar-refractivity contribution >= 4 is 23.2 Å². The third-order valence-electron chi connectivity index (χ3n) is 3.76. The number of hydrogen-bond donors (Lipinski definition) is 1. The van der Waals surface area contributed by atoms with Crippen molar-refractivity contribution in [2.24, 2.45) is 7.05 Å². The van der Waals surface area contributed by atoms with Gasteiger partial charge in [-0.25, -0.2) is 9.78 Å². The smallest absolute Gasteiger partial charge is 0.328 e. The van der Waals surface area contributed by atoms with Gasteiger partial charge in [-0.1, -0.05) is 30.3 Å². The molecule has 7 nitrogen and oxygen atoms in total. The van der Waals surface area contributed by atoms with Crippen LogP contribution in [0.4, 0.5) is 0 Å². The zero-order chi connectivity index (χ0) is 18.5. The van der Waals surface area contributed by atoms with Gasteiger partial charge in [-0.15, -0.1) is 11.3 Å². The van der Waals surface area contributed by atoms with Gasteiger partial charge in [0.05, 0.1) is 13.3 Å². The van der Waals surface area contributed by atoms with Gasteiger partial charge in [0.25, 0.3) is 5.91 Å². The summed E-state index contributed by atoms with van der Waals surface area (Å²) in [7, 11) is 3.12. The van der Waals surface area contributed by atoms with Crippen LogP contribution in [0.2, 0.25) is 0 Å². The molecule has 0 spiro atoms. The standard InChI is InChI=1S/C18H18N4O3S/c1-22-10-13(9-19-22)17-21-15(11-26-17)16(23)20-14(18(24)25-2)8-12-6-4-3-5-7-12/h3-7,9-11,14H,8H2,1-2H3,(H,20,23)/t14-/m0/s1. The number of esters is 1. The van der Waals surface area contributed by atoms with E-state index in [4.69, 9.17) is 4.74 Å².